The molecule has 0 aliphatic rings. The molecule has 0 unspecified atom stereocenters. The number of rotatable bonds is 4. The Morgan fingerprint density at radius 1 is 1.56 bits per heavy atom. The number of ether oxygens (including phenoxy) is 1. The standard InChI is InChI=1S/C7H7F2N3O5S/c1-17-3-2-4(12(13)14)11-7(18(10,15)16)5(3)6(8)9/h2,6H,1H3,(H2,10,15,16). The highest BCUT2D eigenvalue weighted by atomic mass is 32.2. The fraction of sp³-hybridized carbons (Fsp3) is 0.286. The van der Waals surface area contributed by atoms with E-state index in [2.05, 4.69) is 14.9 Å². The van der Waals surface area contributed by atoms with E-state index in [1.807, 2.05) is 0 Å². The van der Waals surface area contributed by atoms with Crippen molar-refractivity contribution in [2.24, 2.45) is 5.14 Å². The summed E-state index contributed by atoms with van der Waals surface area (Å²) in [6, 6.07) is 0.593. The number of hydrogen-bond acceptors (Lipinski definition) is 6. The van der Waals surface area contributed by atoms with Crippen molar-refractivity contribution in [1.82, 2.24) is 4.98 Å². The Morgan fingerprint density at radius 3 is 2.44 bits per heavy atom. The molecule has 0 atom stereocenters. The van der Waals surface area contributed by atoms with Gasteiger partial charge in [-0.3, -0.25) is 0 Å². The van der Waals surface area contributed by atoms with Crippen molar-refractivity contribution < 1.29 is 26.9 Å². The van der Waals surface area contributed by atoms with E-state index in [1.165, 1.54) is 0 Å². The first kappa shape index (κ1) is 14.2. The lowest BCUT2D eigenvalue weighted by Crippen LogP contribution is -2.18. The fourth-order valence-electron chi connectivity index (χ4n) is 1.18. The van der Waals surface area contributed by atoms with Gasteiger partial charge in [-0.25, -0.2) is 22.3 Å². The zero-order valence-corrected chi connectivity index (χ0v) is 9.65. The Labute approximate surface area is 99.6 Å². The zero-order chi connectivity index (χ0) is 14.1. The number of nitrogens with two attached hydrogens (primary N) is 1. The second kappa shape index (κ2) is 4.78. The van der Waals surface area contributed by atoms with Crippen LogP contribution in [0.5, 0.6) is 5.75 Å². The summed E-state index contributed by atoms with van der Waals surface area (Å²) in [6.07, 6.45) is -3.26. The highest BCUT2D eigenvalue weighted by Crippen LogP contribution is 2.35. The second-order valence-corrected chi connectivity index (χ2v) is 4.48. The molecule has 1 heterocycles. The van der Waals surface area contributed by atoms with Gasteiger partial charge in [0.25, 0.3) is 21.5 Å². The maximum Gasteiger partial charge on any atom is 0.368 e. The van der Waals surface area contributed by atoms with E-state index in [0.717, 1.165) is 7.11 Å². The van der Waals surface area contributed by atoms with Crippen LogP contribution in [0.1, 0.15) is 12.0 Å². The number of hydrogen-bond donors (Lipinski definition) is 1. The van der Waals surface area contributed by atoms with Crippen molar-refractivity contribution in [3.63, 3.8) is 0 Å². The zero-order valence-electron chi connectivity index (χ0n) is 8.83. The molecule has 18 heavy (non-hydrogen) atoms. The Balaban J connectivity index is 3.74. The summed E-state index contributed by atoms with van der Waals surface area (Å²) in [4.78, 5) is 12.4. The van der Waals surface area contributed by atoms with Crippen molar-refractivity contribution in [2.75, 3.05) is 7.11 Å². The average molecular weight is 283 g/mol. The molecule has 0 saturated carbocycles. The number of nitrogens with zero attached hydrogens (tertiary/aromatic N) is 2. The quantitative estimate of drug-likeness (QED) is 0.636. The number of sulfonamides is 1. The number of aromatic nitrogens is 1. The predicted molar refractivity (Wildman–Crippen MR) is 53.8 cm³/mol. The molecule has 0 bridgehead atoms. The van der Waals surface area contributed by atoms with E-state index < -0.39 is 43.5 Å². The van der Waals surface area contributed by atoms with Gasteiger partial charge in [-0.2, -0.15) is 0 Å². The van der Waals surface area contributed by atoms with Crippen LogP contribution < -0.4 is 9.88 Å². The molecular weight excluding hydrogens is 276 g/mol. The lowest BCUT2D eigenvalue weighted by atomic mass is 10.2. The summed E-state index contributed by atoms with van der Waals surface area (Å²) < 4.78 is 52.2. The van der Waals surface area contributed by atoms with Crippen LogP contribution in [0.2, 0.25) is 0 Å². The van der Waals surface area contributed by atoms with Gasteiger partial charge in [0.2, 0.25) is 0 Å². The Bertz CT molecular complexity index is 589. The maximum absolute atomic E-state index is 12.7. The van der Waals surface area contributed by atoms with E-state index in [4.69, 9.17) is 0 Å². The molecule has 1 aromatic heterocycles. The number of methoxy groups -OCH3 is 1. The number of halogens is 2. The molecule has 0 spiro atoms. The number of nitro groups is 1. The molecule has 11 heteroatoms. The van der Waals surface area contributed by atoms with Crippen LogP contribution in [0.3, 0.4) is 0 Å². The third-order valence-electron chi connectivity index (χ3n) is 1.87. The van der Waals surface area contributed by atoms with Gasteiger partial charge in [-0.1, -0.05) is 0 Å². The monoisotopic (exact) mass is 283 g/mol. The SMILES string of the molecule is COc1cc([N+](=O)[O-])nc(S(N)(=O)=O)c1C(F)F. The molecule has 1 aromatic rings. The third-order valence-corrected chi connectivity index (χ3v) is 2.72. The number of pyridine rings is 1. The van der Waals surface area contributed by atoms with Crippen LogP contribution in [0.25, 0.3) is 0 Å². The molecule has 0 saturated heterocycles. The van der Waals surface area contributed by atoms with Crippen LogP contribution in [0.15, 0.2) is 11.1 Å². The summed E-state index contributed by atoms with van der Waals surface area (Å²) in [5.74, 6) is -1.63. The van der Waals surface area contributed by atoms with Gasteiger partial charge in [0, 0.05) is 0 Å². The normalized spacial score (nSPS) is 11.6. The fourth-order valence-corrected chi connectivity index (χ4v) is 1.89. The van der Waals surface area contributed by atoms with Crippen LogP contribution >= 0.6 is 0 Å². The number of primary sulfonamides is 1. The van der Waals surface area contributed by atoms with E-state index in [1.54, 1.807) is 0 Å². The van der Waals surface area contributed by atoms with Crippen molar-refractivity contribution in [3.8, 4) is 5.75 Å². The van der Waals surface area contributed by atoms with Gasteiger partial charge in [0.1, 0.15) is 11.3 Å². The number of alkyl halides is 2. The van der Waals surface area contributed by atoms with Crippen molar-refractivity contribution >= 4 is 15.8 Å². The van der Waals surface area contributed by atoms with Crippen LogP contribution in [0, 0.1) is 10.1 Å². The van der Waals surface area contributed by atoms with E-state index in [9.17, 15) is 27.3 Å². The average Bonchev–Trinajstić information content (AvgIpc) is 2.25. The van der Waals surface area contributed by atoms with Gasteiger partial charge >= 0.3 is 5.82 Å². The van der Waals surface area contributed by atoms with E-state index in [-0.39, 0.29) is 0 Å². The third kappa shape index (κ3) is 2.68. The predicted octanol–water partition coefficient (Wildman–Crippen LogP) is 0.583. The van der Waals surface area contributed by atoms with Gasteiger partial charge in [-0.15, -0.1) is 0 Å². The summed E-state index contributed by atoms with van der Waals surface area (Å²) in [5.41, 5.74) is -1.11. The van der Waals surface area contributed by atoms with Gasteiger partial charge < -0.3 is 14.9 Å². The topological polar surface area (TPSA) is 125 Å². The summed E-state index contributed by atoms with van der Waals surface area (Å²) >= 11 is 0. The minimum Gasteiger partial charge on any atom is -0.496 e. The van der Waals surface area contributed by atoms with Gasteiger partial charge in [0.05, 0.1) is 13.2 Å². The largest absolute Gasteiger partial charge is 0.496 e. The molecule has 0 aliphatic carbocycles. The maximum atomic E-state index is 12.7. The van der Waals surface area contributed by atoms with E-state index in [0.29, 0.717) is 6.07 Å². The molecule has 0 amide bonds. The summed E-state index contributed by atoms with van der Waals surface area (Å²) in [7, 11) is -3.69. The lowest BCUT2D eigenvalue weighted by Gasteiger charge is -2.08. The first-order valence-corrected chi connectivity index (χ1v) is 5.77. The first-order chi connectivity index (χ1) is 8.18. The minimum absolute atomic E-state index is 0.593. The highest BCUT2D eigenvalue weighted by Gasteiger charge is 2.33. The summed E-state index contributed by atoms with van der Waals surface area (Å²) in [6.45, 7) is 0. The smallest absolute Gasteiger partial charge is 0.368 e. The van der Waals surface area contributed by atoms with Crippen LogP contribution in [-0.2, 0) is 10.0 Å². The van der Waals surface area contributed by atoms with Crippen LogP contribution in [-0.4, -0.2) is 25.4 Å². The molecule has 2 N–H and O–H groups in total. The molecular formula is C7H7F2N3O5S. The van der Waals surface area contributed by atoms with Crippen molar-refractivity contribution in [3.05, 3.63) is 21.7 Å². The second-order valence-electron chi connectivity index (χ2n) is 3.00. The first-order valence-electron chi connectivity index (χ1n) is 4.22. The highest BCUT2D eigenvalue weighted by molar-refractivity contribution is 7.89. The molecule has 100 valence electrons. The minimum atomic E-state index is -4.64. The Morgan fingerprint density at radius 2 is 2.11 bits per heavy atom. The van der Waals surface area contributed by atoms with Crippen LogP contribution in [0.4, 0.5) is 14.6 Å². The molecule has 1 rings (SSSR count). The molecule has 0 aliphatic heterocycles. The van der Waals surface area contributed by atoms with Crippen molar-refractivity contribution in [2.45, 2.75) is 11.5 Å². The molecule has 8 nitrogen and oxygen atoms in total. The summed E-state index contributed by atoms with van der Waals surface area (Å²) in [5, 5.41) is 13.9. The Hall–Kier alpha value is -1.88. The molecule has 0 radical (unpaired) electrons. The van der Waals surface area contributed by atoms with E-state index >= 15 is 0 Å². The Kier molecular flexibility index (Phi) is 3.76. The molecule has 0 aromatic carbocycles. The molecule has 0 fully saturated rings. The van der Waals surface area contributed by atoms with Gasteiger partial charge in [-0.05, 0) is 9.91 Å². The lowest BCUT2D eigenvalue weighted by molar-refractivity contribution is -0.390. The van der Waals surface area contributed by atoms with Gasteiger partial charge in [0.15, 0.2) is 0 Å². The van der Waals surface area contributed by atoms with Crippen molar-refractivity contribution in [1.29, 1.82) is 0 Å².